The smallest absolute Gasteiger partial charge is 0.338 e. The van der Waals surface area contributed by atoms with Crippen LogP contribution in [0.15, 0.2) is 36.4 Å². The Labute approximate surface area is 281 Å². The van der Waals surface area contributed by atoms with Crippen LogP contribution in [0, 0.1) is 0 Å². The quantitative estimate of drug-likeness (QED) is 0.0828. The molecule has 1 aliphatic heterocycles. The standard InChI is InChI=1S/C42H64O4/c1-8-9-10-11-12-13-14-15-16-17-18-19-20-21-22-23-24-29-45-39(43)33-27-25-32(26-28-33)37-35-30-34(41(2,3)4)31-36(42(5,6)7)38(35)46-40(37)44/h25-28,30-31,37H,8-24,29H2,1-7H3. The summed E-state index contributed by atoms with van der Waals surface area (Å²) in [6, 6.07) is 11.6. The number of benzene rings is 2. The molecule has 0 fully saturated rings. The van der Waals surface area contributed by atoms with E-state index in [9.17, 15) is 9.59 Å². The van der Waals surface area contributed by atoms with Gasteiger partial charge in [0.1, 0.15) is 11.7 Å². The number of hydrogen-bond acceptors (Lipinski definition) is 4. The monoisotopic (exact) mass is 632 g/mol. The van der Waals surface area contributed by atoms with E-state index in [4.69, 9.17) is 9.47 Å². The number of carbonyl (C=O) groups excluding carboxylic acids is 2. The van der Waals surface area contributed by atoms with Gasteiger partial charge in [0.2, 0.25) is 0 Å². The van der Waals surface area contributed by atoms with E-state index in [0.29, 0.717) is 17.9 Å². The zero-order valence-electron chi connectivity index (χ0n) is 30.4. The van der Waals surface area contributed by atoms with Gasteiger partial charge < -0.3 is 9.47 Å². The zero-order valence-corrected chi connectivity index (χ0v) is 30.4. The van der Waals surface area contributed by atoms with Crippen molar-refractivity contribution in [3.63, 3.8) is 0 Å². The maximum Gasteiger partial charge on any atom is 0.338 e. The van der Waals surface area contributed by atoms with Crippen molar-refractivity contribution in [3.8, 4) is 5.75 Å². The molecule has 1 unspecified atom stereocenters. The molecule has 2 aromatic rings. The van der Waals surface area contributed by atoms with E-state index >= 15 is 0 Å². The third-order valence-electron chi connectivity index (χ3n) is 9.50. The number of hydrogen-bond donors (Lipinski definition) is 0. The molecule has 46 heavy (non-hydrogen) atoms. The molecule has 1 atom stereocenters. The normalized spacial score (nSPS) is 14.8. The van der Waals surface area contributed by atoms with Crippen molar-refractivity contribution in [2.24, 2.45) is 0 Å². The Kier molecular flexibility index (Phi) is 15.3. The lowest BCUT2D eigenvalue weighted by molar-refractivity contribution is -0.133. The van der Waals surface area contributed by atoms with Gasteiger partial charge in [-0.25, -0.2) is 4.79 Å². The Bertz CT molecular complexity index is 1210. The minimum absolute atomic E-state index is 0.0645. The second kappa shape index (κ2) is 18.6. The summed E-state index contributed by atoms with van der Waals surface area (Å²) in [4.78, 5) is 25.9. The first-order chi connectivity index (χ1) is 21.9. The summed E-state index contributed by atoms with van der Waals surface area (Å²) in [7, 11) is 0. The number of unbranched alkanes of at least 4 members (excludes halogenated alkanes) is 16. The lowest BCUT2D eigenvalue weighted by atomic mass is 9.77. The fourth-order valence-electron chi connectivity index (χ4n) is 6.46. The molecule has 3 rings (SSSR count). The number of ether oxygens (including phenoxy) is 2. The van der Waals surface area contributed by atoms with Gasteiger partial charge in [0.15, 0.2) is 0 Å². The first-order valence-corrected chi connectivity index (χ1v) is 18.6. The molecule has 0 N–H and O–H groups in total. The highest BCUT2D eigenvalue weighted by Crippen LogP contribution is 2.47. The highest BCUT2D eigenvalue weighted by Gasteiger charge is 2.39. The van der Waals surface area contributed by atoms with Crippen molar-refractivity contribution in [3.05, 3.63) is 64.2 Å². The Morgan fingerprint density at radius 1 is 0.674 bits per heavy atom. The van der Waals surface area contributed by atoms with Crippen molar-refractivity contribution in [1.82, 2.24) is 0 Å². The number of fused-ring (bicyclic) bond motifs is 1. The molecule has 2 aromatic carbocycles. The largest absolute Gasteiger partial charge is 0.462 e. The molecular formula is C42H64O4. The van der Waals surface area contributed by atoms with Gasteiger partial charge in [-0.1, -0.05) is 175 Å². The molecular weight excluding hydrogens is 568 g/mol. The first kappa shape index (κ1) is 37.8. The molecule has 0 amide bonds. The summed E-state index contributed by atoms with van der Waals surface area (Å²) in [6.45, 7) is 15.7. The van der Waals surface area contributed by atoms with E-state index in [1.807, 2.05) is 12.1 Å². The van der Waals surface area contributed by atoms with Gasteiger partial charge in [-0.05, 0) is 40.5 Å². The van der Waals surface area contributed by atoms with Crippen LogP contribution in [-0.2, 0) is 20.4 Å². The van der Waals surface area contributed by atoms with Crippen LogP contribution >= 0.6 is 0 Å². The minimum Gasteiger partial charge on any atom is -0.462 e. The van der Waals surface area contributed by atoms with Crippen molar-refractivity contribution in [2.45, 2.75) is 174 Å². The Balaban J connectivity index is 1.34. The van der Waals surface area contributed by atoms with Crippen LogP contribution in [0.3, 0.4) is 0 Å². The molecule has 0 bridgehead atoms. The highest BCUT2D eigenvalue weighted by molar-refractivity contribution is 5.92. The Morgan fingerprint density at radius 3 is 1.61 bits per heavy atom. The molecule has 0 saturated carbocycles. The third-order valence-corrected chi connectivity index (χ3v) is 9.50. The van der Waals surface area contributed by atoms with Crippen LogP contribution in [0.2, 0.25) is 0 Å². The van der Waals surface area contributed by atoms with E-state index in [2.05, 4.69) is 60.6 Å². The van der Waals surface area contributed by atoms with E-state index in [0.717, 1.165) is 29.5 Å². The molecule has 1 heterocycles. The average molecular weight is 633 g/mol. The second-order valence-electron chi connectivity index (χ2n) is 15.7. The van der Waals surface area contributed by atoms with E-state index in [1.54, 1.807) is 12.1 Å². The minimum atomic E-state index is -0.502. The molecule has 0 spiro atoms. The summed E-state index contributed by atoms with van der Waals surface area (Å²) < 4.78 is 11.5. The number of rotatable bonds is 20. The van der Waals surface area contributed by atoms with E-state index in [1.165, 1.54) is 102 Å². The molecule has 0 aliphatic carbocycles. The zero-order chi connectivity index (χ0) is 33.6. The Hall–Kier alpha value is -2.62. The van der Waals surface area contributed by atoms with Gasteiger partial charge in [0, 0.05) is 11.1 Å². The molecule has 0 radical (unpaired) electrons. The van der Waals surface area contributed by atoms with Crippen molar-refractivity contribution in [1.29, 1.82) is 0 Å². The summed E-state index contributed by atoms with van der Waals surface area (Å²) in [5.74, 6) is -0.380. The lowest BCUT2D eigenvalue weighted by Gasteiger charge is -2.27. The van der Waals surface area contributed by atoms with Crippen molar-refractivity contribution < 1.29 is 19.1 Å². The summed E-state index contributed by atoms with van der Waals surface area (Å²) in [5.41, 5.74) is 4.27. The van der Waals surface area contributed by atoms with Crippen LogP contribution in [0.1, 0.15) is 196 Å². The SMILES string of the molecule is CCCCCCCCCCCCCCCCCCCOC(=O)c1ccc(C2C(=O)Oc3c2cc(C(C)(C)C)cc3C(C)(C)C)cc1. The van der Waals surface area contributed by atoms with Gasteiger partial charge in [0.25, 0.3) is 0 Å². The molecule has 256 valence electrons. The summed E-state index contributed by atoms with van der Waals surface area (Å²) in [6.07, 6.45) is 22.6. The molecule has 0 saturated heterocycles. The topological polar surface area (TPSA) is 52.6 Å². The van der Waals surface area contributed by atoms with Crippen LogP contribution in [0.5, 0.6) is 5.75 Å². The fraction of sp³-hybridized carbons (Fsp3) is 0.667. The second-order valence-corrected chi connectivity index (χ2v) is 15.7. The number of carbonyl (C=O) groups is 2. The molecule has 0 aromatic heterocycles. The third kappa shape index (κ3) is 11.9. The molecule has 1 aliphatic rings. The van der Waals surface area contributed by atoms with Crippen molar-refractivity contribution in [2.75, 3.05) is 6.61 Å². The highest BCUT2D eigenvalue weighted by atomic mass is 16.5. The summed E-state index contributed by atoms with van der Waals surface area (Å²) in [5, 5.41) is 0. The number of esters is 2. The van der Waals surface area contributed by atoms with Crippen LogP contribution < -0.4 is 4.74 Å². The maximum absolute atomic E-state index is 13.2. The van der Waals surface area contributed by atoms with Gasteiger partial charge in [0.05, 0.1) is 12.2 Å². The van der Waals surface area contributed by atoms with Gasteiger partial charge in [-0.15, -0.1) is 0 Å². The van der Waals surface area contributed by atoms with Crippen LogP contribution in [0.4, 0.5) is 0 Å². The predicted octanol–water partition coefficient (Wildman–Crippen LogP) is 12.1. The molecule has 4 nitrogen and oxygen atoms in total. The van der Waals surface area contributed by atoms with Crippen LogP contribution in [0.25, 0.3) is 0 Å². The average Bonchev–Trinajstić information content (AvgIpc) is 3.34. The van der Waals surface area contributed by atoms with Gasteiger partial charge >= 0.3 is 11.9 Å². The van der Waals surface area contributed by atoms with E-state index < -0.39 is 5.92 Å². The van der Waals surface area contributed by atoms with Gasteiger partial charge in [-0.2, -0.15) is 0 Å². The lowest BCUT2D eigenvalue weighted by Crippen LogP contribution is -2.17. The fourth-order valence-corrected chi connectivity index (χ4v) is 6.46. The van der Waals surface area contributed by atoms with Crippen LogP contribution in [-0.4, -0.2) is 18.5 Å². The van der Waals surface area contributed by atoms with E-state index in [-0.39, 0.29) is 22.8 Å². The Morgan fingerprint density at radius 2 is 1.15 bits per heavy atom. The predicted molar refractivity (Wildman–Crippen MR) is 192 cm³/mol. The first-order valence-electron chi connectivity index (χ1n) is 18.6. The summed E-state index contributed by atoms with van der Waals surface area (Å²) >= 11 is 0. The van der Waals surface area contributed by atoms with Gasteiger partial charge in [-0.3, -0.25) is 4.79 Å². The maximum atomic E-state index is 13.2. The molecule has 4 heteroatoms. The van der Waals surface area contributed by atoms with Crippen molar-refractivity contribution >= 4 is 11.9 Å².